The van der Waals surface area contributed by atoms with Crippen molar-refractivity contribution in [2.75, 3.05) is 31.3 Å². The Hall–Kier alpha value is -4.22. The molecule has 1 saturated heterocycles. The Kier molecular flexibility index (Phi) is 7.47. The maximum atomic E-state index is 13.4. The Morgan fingerprint density at radius 2 is 2.02 bits per heavy atom. The lowest BCUT2D eigenvalue weighted by molar-refractivity contribution is -0.122. The average molecular weight is 561 g/mol. The van der Waals surface area contributed by atoms with Crippen molar-refractivity contribution < 1.29 is 14.3 Å². The number of ether oxygens (including phenoxy) is 2. The second kappa shape index (κ2) is 11.5. The number of fused-ring (bicyclic) bond motifs is 1. The number of hydrogen-bond donors (Lipinski definition) is 1. The molecule has 1 N–H and O–H groups in total. The Morgan fingerprint density at radius 1 is 1.12 bits per heavy atom. The summed E-state index contributed by atoms with van der Waals surface area (Å²) in [6, 6.07) is 11.1. The van der Waals surface area contributed by atoms with Crippen molar-refractivity contribution in [3.05, 3.63) is 83.8 Å². The largest absolute Gasteiger partial charge is 0.454 e. The highest BCUT2D eigenvalue weighted by molar-refractivity contribution is 6.29. The number of benzene rings is 1. The zero-order valence-electron chi connectivity index (χ0n) is 22.0. The Balaban J connectivity index is 1.21. The molecule has 1 fully saturated rings. The molecule has 4 aromatic rings. The molecule has 1 aromatic carbocycles. The Bertz CT molecular complexity index is 1470. The summed E-state index contributed by atoms with van der Waals surface area (Å²) in [5.41, 5.74) is 2.08. The van der Waals surface area contributed by atoms with Gasteiger partial charge in [-0.15, -0.1) is 0 Å². The number of imidazole rings is 1. The number of nitrogens with zero attached hydrogens (tertiary/aromatic N) is 7. The van der Waals surface area contributed by atoms with Gasteiger partial charge in [0.1, 0.15) is 17.3 Å². The third-order valence-corrected chi connectivity index (χ3v) is 7.28. The van der Waals surface area contributed by atoms with Gasteiger partial charge in [-0.25, -0.2) is 9.97 Å². The van der Waals surface area contributed by atoms with Crippen LogP contribution in [0.3, 0.4) is 0 Å². The summed E-state index contributed by atoms with van der Waals surface area (Å²) in [7, 11) is 0. The molecule has 3 aromatic heterocycles. The molecule has 2 aliphatic rings. The van der Waals surface area contributed by atoms with E-state index in [1.165, 1.54) is 0 Å². The van der Waals surface area contributed by atoms with Crippen LogP contribution < -0.4 is 19.7 Å². The zero-order valence-corrected chi connectivity index (χ0v) is 22.7. The van der Waals surface area contributed by atoms with Gasteiger partial charge in [-0.05, 0) is 36.2 Å². The number of rotatable bonds is 8. The van der Waals surface area contributed by atoms with Crippen LogP contribution >= 0.6 is 11.6 Å². The number of aromatic nitrogens is 5. The van der Waals surface area contributed by atoms with Crippen LogP contribution in [-0.4, -0.2) is 67.8 Å². The molecule has 6 rings (SSSR count). The normalized spacial score (nSPS) is 17.6. The molecule has 11 nitrogen and oxygen atoms in total. The Morgan fingerprint density at radius 3 is 2.85 bits per heavy atom. The fourth-order valence-corrected chi connectivity index (χ4v) is 5.28. The fraction of sp³-hybridized carbons (Fsp3) is 0.321. The smallest absolute Gasteiger partial charge is 0.238 e. The molecular formula is C28H29ClN8O3. The maximum Gasteiger partial charge on any atom is 0.238 e. The molecule has 206 valence electrons. The number of carbonyl (C=O) groups excluding carboxylic acids is 1. The van der Waals surface area contributed by atoms with Crippen molar-refractivity contribution in [2.45, 2.75) is 32.0 Å². The van der Waals surface area contributed by atoms with Crippen molar-refractivity contribution in [3.63, 3.8) is 0 Å². The van der Waals surface area contributed by atoms with E-state index in [-0.39, 0.29) is 31.2 Å². The summed E-state index contributed by atoms with van der Waals surface area (Å²) in [6.45, 7) is 5.06. The summed E-state index contributed by atoms with van der Waals surface area (Å²) in [6.07, 6.45) is 8.98. The predicted molar refractivity (Wildman–Crippen MR) is 149 cm³/mol. The van der Waals surface area contributed by atoms with E-state index in [1.54, 1.807) is 35.6 Å². The van der Waals surface area contributed by atoms with Gasteiger partial charge in [0.05, 0.1) is 12.1 Å². The lowest BCUT2D eigenvalue weighted by atomic mass is 10.0. The first-order chi connectivity index (χ1) is 19.5. The number of hydrogen-bond acceptors (Lipinski definition) is 9. The molecule has 2 atom stereocenters. The van der Waals surface area contributed by atoms with Crippen molar-refractivity contribution in [2.24, 2.45) is 0 Å². The van der Waals surface area contributed by atoms with Gasteiger partial charge in [0.15, 0.2) is 11.5 Å². The molecule has 0 saturated carbocycles. The van der Waals surface area contributed by atoms with Gasteiger partial charge in [-0.2, -0.15) is 4.98 Å². The third-order valence-electron chi connectivity index (χ3n) is 7.09. The van der Waals surface area contributed by atoms with E-state index in [1.807, 2.05) is 37.4 Å². The van der Waals surface area contributed by atoms with Gasteiger partial charge in [-0.3, -0.25) is 19.2 Å². The molecule has 2 unspecified atom stereocenters. The van der Waals surface area contributed by atoms with E-state index in [9.17, 15) is 4.79 Å². The van der Waals surface area contributed by atoms with E-state index in [0.29, 0.717) is 41.5 Å². The minimum atomic E-state index is -0.202. The lowest BCUT2D eigenvalue weighted by Gasteiger charge is -2.42. The number of halogens is 1. The minimum absolute atomic E-state index is 0.0571. The number of nitrogens with one attached hydrogen (secondary N) is 1. The Labute approximate surface area is 236 Å². The SMILES string of the molecule is CC(NC(=O)CC1CN(Cc2cccnc2)CCN1c1cc(Cl)nc(-n2ccnc2)n1)c1ccc2c(c1)OCO2. The van der Waals surface area contributed by atoms with Crippen LogP contribution in [0.2, 0.25) is 5.15 Å². The molecule has 0 radical (unpaired) electrons. The van der Waals surface area contributed by atoms with Gasteiger partial charge in [0, 0.05) is 63.5 Å². The second-order valence-corrected chi connectivity index (χ2v) is 10.3. The summed E-state index contributed by atoms with van der Waals surface area (Å²) >= 11 is 6.43. The van der Waals surface area contributed by atoms with Crippen molar-refractivity contribution in [1.82, 2.24) is 34.7 Å². The summed E-state index contributed by atoms with van der Waals surface area (Å²) in [5.74, 6) is 2.45. The van der Waals surface area contributed by atoms with Crippen LogP contribution in [0.25, 0.3) is 5.95 Å². The third kappa shape index (κ3) is 5.85. The monoisotopic (exact) mass is 560 g/mol. The summed E-state index contributed by atoms with van der Waals surface area (Å²) in [4.78, 5) is 35.4. The van der Waals surface area contributed by atoms with Crippen LogP contribution in [0, 0.1) is 0 Å². The van der Waals surface area contributed by atoms with Crippen molar-refractivity contribution >= 4 is 23.3 Å². The van der Waals surface area contributed by atoms with Crippen LogP contribution in [-0.2, 0) is 11.3 Å². The number of carbonyl (C=O) groups is 1. The fourth-order valence-electron chi connectivity index (χ4n) is 5.10. The standard InChI is InChI=1S/C28H29ClN8O3/c1-19(21-4-5-23-24(11-21)40-18-39-23)32-27(38)12-22-16-35(15-20-3-2-6-30-14-20)9-10-37(22)26-13-25(29)33-28(34-26)36-8-7-31-17-36/h2-8,11,13-14,17,19,22H,9-10,12,15-16,18H2,1H3,(H,32,38). The second-order valence-electron chi connectivity index (χ2n) is 9.87. The highest BCUT2D eigenvalue weighted by atomic mass is 35.5. The molecule has 5 heterocycles. The quantitative estimate of drug-likeness (QED) is 0.324. The van der Waals surface area contributed by atoms with Gasteiger partial charge < -0.3 is 19.7 Å². The van der Waals surface area contributed by atoms with Crippen molar-refractivity contribution in [3.8, 4) is 17.4 Å². The van der Waals surface area contributed by atoms with E-state index in [4.69, 9.17) is 26.1 Å². The minimum Gasteiger partial charge on any atom is -0.454 e. The summed E-state index contributed by atoms with van der Waals surface area (Å²) in [5, 5.41) is 3.48. The van der Waals surface area contributed by atoms with Crippen LogP contribution in [0.5, 0.6) is 11.5 Å². The van der Waals surface area contributed by atoms with Gasteiger partial charge in [0.2, 0.25) is 18.6 Å². The van der Waals surface area contributed by atoms with E-state index in [0.717, 1.165) is 24.2 Å². The molecular weight excluding hydrogens is 532 g/mol. The molecule has 12 heteroatoms. The van der Waals surface area contributed by atoms with E-state index >= 15 is 0 Å². The molecule has 0 bridgehead atoms. The average Bonchev–Trinajstić information content (AvgIpc) is 3.66. The first-order valence-electron chi connectivity index (χ1n) is 13.1. The van der Waals surface area contributed by atoms with Gasteiger partial charge >= 0.3 is 0 Å². The molecule has 1 amide bonds. The zero-order chi connectivity index (χ0) is 27.5. The summed E-state index contributed by atoms with van der Waals surface area (Å²) < 4.78 is 12.6. The first-order valence-corrected chi connectivity index (χ1v) is 13.5. The van der Waals surface area contributed by atoms with Gasteiger partial charge in [-0.1, -0.05) is 23.7 Å². The number of piperazine rings is 1. The molecule has 0 aliphatic carbocycles. The van der Waals surface area contributed by atoms with Crippen LogP contribution in [0.1, 0.15) is 30.5 Å². The molecule has 2 aliphatic heterocycles. The van der Waals surface area contributed by atoms with Crippen molar-refractivity contribution in [1.29, 1.82) is 0 Å². The highest BCUT2D eigenvalue weighted by Crippen LogP contribution is 2.34. The number of amides is 1. The number of pyridine rings is 1. The molecule has 0 spiro atoms. The number of anilines is 1. The maximum absolute atomic E-state index is 13.4. The predicted octanol–water partition coefficient (Wildman–Crippen LogP) is 3.40. The topological polar surface area (TPSA) is 111 Å². The van der Waals surface area contributed by atoms with Gasteiger partial charge in [0.25, 0.3) is 0 Å². The van der Waals surface area contributed by atoms with Crippen LogP contribution in [0.4, 0.5) is 5.82 Å². The van der Waals surface area contributed by atoms with E-state index in [2.05, 4.69) is 36.1 Å². The first kappa shape index (κ1) is 26.0. The van der Waals surface area contributed by atoms with E-state index < -0.39 is 0 Å². The molecule has 40 heavy (non-hydrogen) atoms. The van der Waals surface area contributed by atoms with Crippen LogP contribution in [0.15, 0.2) is 67.5 Å². The lowest BCUT2D eigenvalue weighted by Crippen LogP contribution is -2.54. The highest BCUT2D eigenvalue weighted by Gasteiger charge is 2.31.